The summed E-state index contributed by atoms with van der Waals surface area (Å²) < 4.78 is 63.6. The Morgan fingerprint density at radius 3 is 2.14 bits per heavy atom. The fourth-order valence-corrected chi connectivity index (χ4v) is 2.54. The molecule has 2 rings (SSSR count). The molecule has 2 atom stereocenters. The molecule has 0 aliphatic rings. The van der Waals surface area contributed by atoms with Crippen molar-refractivity contribution in [2.24, 2.45) is 0 Å². The molecular weight excluding hydrogens is 377 g/mol. The van der Waals surface area contributed by atoms with E-state index in [0.29, 0.717) is 5.56 Å². The van der Waals surface area contributed by atoms with E-state index >= 15 is 0 Å². The van der Waals surface area contributed by atoms with Crippen molar-refractivity contribution in [3.8, 4) is 5.75 Å². The second-order valence-electron chi connectivity index (χ2n) is 5.76. The smallest absolute Gasteiger partial charge is 0.432 e. The summed E-state index contributed by atoms with van der Waals surface area (Å²) >= 11 is 0. The van der Waals surface area contributed by atoms with Crippen molar-refractivity contribution in [3.05, 3.63) is 65.7 Å². The van der Waals surface area contributed by atoms with Crippen molar-refractivity contribution >= 4 is 11.9 Å². The van der Waals surface area contributed by atoms with Gasteiger partial charge in [0.2, 0.25) is 0 Å². The Bertz CT molecular complexity index is 839. The van der Waals surface area contributed by atoms with Crippen molar-refractivity contribution in [3.63, 3.8) is 0 Å². The molecule has 0 aliphatic heterocycles. The van der Waals surface area contributed by atoms with E-state index in [1.54, 1.807) is 0 Å². The van der Waals surface area contributed by atoms with Crippen LogP contribution in [0.4, 0.5) is 13.2 Å². The van der Waals surface area contributed by atoms with Gasteiger partial charge in [0.15, 0.2) is 0 Å². The molecule has 5 nitrogen and oxygen atoms in total. The molecule has 8 heteroatoms. The molecule has 150 valence electrons. The molecule has 0 heterocycles. The Kier molecular flexibility index (Phi) is 6.30. The Labute approximate surface area is 161 Å². The van der Waals surface area contributed by atoms with E-state index in [9.17, 15) is 22.8 Å². The van der Waals surface area contributed by atoms with Gasteiger partial charge in [0.05, 0.1) is 7.95 Å². The van der Waals surface area contributed by atoms with E-state index in [1.807, 2.05) is 0 Å². The second kappa shape index (κ2) is 8.88. The first-order valence-electron chi connectivity index (χ1n) is 8.76. The molecular formula is C20H19F3O5. The number of hydrogen-bond acceptors (Lipinski definition) is 5. The summed E-state index contributed by atoms with van der Waals surface area (Å²) in [6.45, 7) is -0.370. The third-order valence-corrected chi connectivity index (χ3v) is 3.87. The van der Waals surface area contributed by atoms with E-state index in [1.165, 1.54) is 49.4 Å². The summed E-state index contributed by atoms with van der Waals surface area (Å²) in [5.41, 5.74) is -3.28. The zero-order valence-corrected chi connectivity index (χ0v) is 15.2. The Morgan fingerprint density at radius 1 is 1.04 bits per heavy atom. The van der Waals surface area contributed by atoms with Crippen LogP contribution in [0.25, 0.3) is 0 Å². The lowest BCUT2D eigenvalue weighted by atomic mass is 9.93. The van der Waals surface area contributed by atoms with Crippen LogP contribution >= 0.6 is 0 Å². The Hall–Kier alpha value is -2.87. The van der Waals surface area contributed by atoms with Gasteiger partial charge in [-0.05, 0) is 17.7 Å². The predicted molar refractivity (Wildman–Crippen MR) is 93.6 cm³/mol. The van der Waals surface area contributed by atoms with Gasteiger partial charge in [0.25, 0.3) is 5.60 Å². The molecule has 0 fully saturated rings. The molecule has 2 aromatic rings. The van der Waals surface area contributed by atoms with Gasteiger partial charge in [-0.15, -0.1) is 0 Å². The van der Waals surface area contributed by atoms with Gasteiger partial charge >= 0.3 is 18.1 Å². The second-order valence-corrected chi connectivity index (χ2v) is 5.76. The zero-order valence-electron chi connectivity index (χ0n) is 16.2. The van der Waals surface area contributed by atoms with Crippen LogP contribution in [-0.2, 0) is 31.1 Å². The number of methoxy groups -OCH3 is 1. The SMILES string of the molecule is [2H][C@H](Cc1ccc(OC(C)=O)cc1)OC(=O)C(OC)(c1ccccc1)C(F)(F)F. The van der Waals surface area contributed by atoms with Gasteiger partial charge in [0.1, 0.15) is 5.75 Å². The molecule has 0 saturated heterocycles. The highest BCUT2D eigenvalue weighted by atomic mass is 19.4. The average molecular weight is 397 g/mol. The normalized spacial score (nSPS) is 15.1. The minimum absolute atomic E-state index is 0.168. The molecule has 0 aliphatic carbocycles. The number of benzene rings is 2. The number of esters is 2. The number of carbonyl (C=O) groups excluding carboxylic acids is 2. The number of ether oxygens (including phenoxy) is 3. The average Bonchev–Trinajstić information content (AvgIpc) is 2.63. The van der Waals surface area contributed by atoms with Crippen LogP contribution in [0, 0.1) is 0 Å². The molecule has 28 heavy (non-hydrogen) atoms. The lowest BCUT2D eigenvalue weighted by molar-refractivity contribution is -0.276. The number of alkyl halides is 3. The van der Waals surface area contributed by atoms with E-state index in [-0.39, 0.29) is 12.2 Å². The molecule has 1 unspecified atom stereocenters. The molecule has 2 aromatic carbocycles. The highest BCUT2D eigenvalue weighted by Gasteiger charge is 2.64. The highest BCUT2D eigenvalue weighted by Crippen LogP contribution is 2.42. The van der Waals surface area contributed by atoms with Gasteiger partial charge in [-0.3, -0.25) is 4.79 Å². The minimum Gasteiger partial charge on any atom is -0.463 e. The van der Waals surface area contributed by atoms with E-state index < -0.39 is 35.9 Å². The minimum atomic E-state index is -5.11. The van der Waals surface area contributed by atoms with Crippen molar-refractivity contribution < 1.29 is 38.3 Å². The van der Waals surface area contributed by atoms with Gasteiger partial charge in [-0.2, -0.15) is 13.2 Å². The molecule has 0 aromatic heterocycles. The maximum Gasteiger partial charge on any atom is 0.432 e. The lowest BCUT2D eigenvalue weighted by Crippen LogP contribution is -2.51. The van der Waals surface area contributed by atoms with Crippen LogP contribution in [0.2, 0.25) is 0 Å². The zero-order chi connectivity index (χ0) is 21.7. The highest BCUT2D eigenvalue weighted by molar-refractivity contribution is 5.82. The van der Waals surface area contributed by atoms with Crippen molar-refractivity contribution in [2.45, 2.75) is 25.1 Å². The van der Waals surface area contributed by atoms with E-state index in [2.05, 4.69) is 4.74 Å². The number of halogens is 3. The van der Waals surface area contributed by atoms with E-state index in [4.69, 9.17) is 10.8 Å². The predicted octanol–water partition coefficient (Wildman–Crippen LogP) is 3.80. The van der Waals surface area contributed by atoms with Gasteiger partial charge in [-0.25, -0.2) is 4.79 Å². The molecule has 0 amide bonds. The van der Waals surface area contributed by atoms with E-state index in [0.717, 1.165) is 19.2 Å². The van der Waals surface area contributed by atoms with Crippen LogP contribution in [-0.4, -0.2) is 31.8 Å². The first kappa shape index (κ1) is 19.9. The third kappa shape index (κ3) is 4.69. The van der Waals surface area contributed by atoms with Gasteiger partial charge < -0.3 is 14.2 Å². The summed E-state index contributed by atoms with van der Waals surface area (Å²) in [6.07, 6.45) is -5.27. The quantitative estimate of drug-likeness (QED) is 0.525. The molecule has 0 radical (unpaired) electrons. The van der Waals surface area contributed by atoms with Crippen molar-refractivity contribution in [2.75, 3.05) is 13.7 Å². The van der Waals surface area contributed by atoms with Crippen LogP contribution < -0.4 is 4.74 Å². The van der Waals surface area contributed by atoms with Crippen LogP contribution in [0.3, 0.4) is 0 Å². The van der Waals surface area contributed by atoms with Crippen LogP contribution in [0.15, 0.2) is 54.6 Å². The molecule has 0 N–H and O–H groups in total. The third-order valence-electron chi connectivity index (χ3n) is 3.87. The molecule has 0 bridgehead atoms. The monoisotopic (exact) mass is 397 g/mol. The molecule has 0 saturated carbocycles. The summed E-state index contributed by atoms with van der Waals surface area (Å²) in [5.74, 6) is -1.96. The summed E-state index contributed by atoms with van der Waals surface area (Å²) in [5, 5.41) is 0. The van der Waals surface area contributed by atoms with Gasteiger partial charge in [0, 0.05) is 26.0 Å². The van der Waals surface area contributed by atoms with Gasteiger partial charge in [-0.1, -0.05) is 42.5 Å². The standard InChI is InChI=1S/C20H19F3O5/c1-14(24)28-17-10-8-15(9-11-17)12-13-27-18(25)19(26-2,20(21,22)23)16-6-4-3-5-7-16/h3-11H,12-13H2,1-2H3/i13D/t13-,19?/m1/s1. The van der Waals surface area contributed by atoms with Crippen molar-refractivity contribution in [1.29, 1.82) is 0 Å². The Balaban J connectivity index is 2.18. The summed E-state index contributed by atoms with van der Waals surface area (Å²) in [7, 11) is 0.758. The Morgan fingerprint density at radius 2 is 1.64 bits per heavy atom. The van der Waals surface area contributed by atoms with Crippen LogP contribution in [0.5, 0.6) is 5.75 Å². The summed E-state index contributed by atoms with van der Waals surface area (Å²) in [6, 6.07) is 12.3. The molecule has 0 spiro atoms. The topological polar surface area (TPSA) is 61.8 Å². The fraction of sp³-hybridized carbons (Fsp3) is 0.300. The fourth-order valence-electron chi connectivity index (χ4n) is 2.54. The van der Waals surface area contributed by atoms with Crippen LogP contribution in [0.1, 0.15) is 19.4 Å². The maximum atomic E-state index is 13.8. The number of aryl methyl sites for hydroxylation is 1. The first-order valence-corrected chi connectivity index (χ1v) is 8.18. The van der Waals surface area contributed by atoms with Crippen molar-refractivity contribution in [1.82, 2.24) is 0 Å². The first-order chi connectivity index (χ1) is 13.6. The lowest BCUT2D eigenvalue weighted by Gasteiger charge is -2.32. The summed E-state index contributed by atoms with van der Waals surface area (Å²) in [4.78, 5) is 23.4. The maximum absolute atomic E-state index is 13.8. The largest absolute Gasteiger partial charge is 0.463 e. The number of rotatable bonds is 7. The number of carbonyl (C=O) groups is 2. The number of hydrogen-bond donors (Lipinski definition) is 0.